The fraction of sp³-hybridized carbons (Fsp3) is 0.304. The molecule has 4 nitrogen and oxygen atoms in total. The minimum atomic E-state index is -0.725. The van der Waals surface area contributed by atoms with Crippen LogP contribution in [0.3, 0.4) is 0 Å². The topological polar surface area (TPSA) is 64.1 Å². The van der Waals surface area contributed by atoms with Crippen molar-refractivity contribution < 1.29 is 14.4 Å². The third kappa shape index (κ3) is 3.80. The van der Waals surface area contributed by atoms with Gasteiger partial charge < -0.3 is 0 Å². The second kappa shape index (κ2) is 7.39. The van der Waals surface area contributed by atoms with E-state index in [1.54, 1.807) is 18.3 Å². The predicted molar refractivity (Wildman–Crippen MR) is 104 cm³/mol. The minimum absolute atomic E-state index is 0.0182. The number of nitrogens with zero attached hydrogens (tertiary/aromatic N) is 1. The second-order valence-corrected chi connectivity index (χ2v) is 7.27. The van der Waals surface area contributed by atoms with Crippen LogP contribution in [0.5, 0.6) is 0 Å². The highest BCUT2D eigenvalue weighted by Crippen LogP contribution is 2.34. The summed E-state index contributed by atoms with van der Waals surface area (Å²) in [4.78, 5) is 41.3. The van der Waals surface area contributed by atoms with Gasteiger partial charge in [-0.15, -0.1) is 0 Å². The smallest absolute Gasteiger partial charge is 0.174 e. The van der Waals surface area contributed by atoms with Crippen LogP contribution in [-0.4, -0.2) is 22.3 Å². The minimum Gasteiger partial charge on any atom is -0.295 e. The van der Waals surface area contributed by atoms with Crippen molar-refractivity contribution in [3.63, 3.8) is 0 Å². The Morgan fingerprint density at radius 1 is 1.04 bits per heavy atom. The third-order valence-corrected chi connectivity index (χ3v) is 5.08. The Balaban J connectivity index is 1.79. The van der Waals surface area contributed by atoms with Gasteiger partial charge in [-0.1, -0.05) is 17.7 Å². The lowest BCUT2D eigenvalue weighted by molar-refractivity contribution is -0.122. The van der Waals surface area contributed by atoms with Crippen LogP contribution in [0.25, 0.3) is 0 Å². The Morgan fingerprint density at radius 2 is 1.70 bits per heavy atom. The van der Waals surface area contributed by atoms with Gasteiger partial charge in [-0.25, -0.2) is 0 Å². The molecule has 1 atom stereocenters. The number of carbonyl (C=O) groups is 3. The van der Waals surface area contributed by atoms with Gasteiger partial charge in [0.05, 0.1) is 0 Å². The van der Waals surface area contributed by atoms with Crippen LogP contribution in [-0.2, 0) is 16.0 Å². The molecule has 2 aromatic rings. The molecule has 1 aromatic carbocycles. The van der Waals surface area contributed by atoms with E-state index in [2.05, 4.69) is 4.98 Å². The van der Waals surface area contributed by atoms with Crippen molar-refractivity contribution in [1.82, 2.24) is 4.98 Å². The van der Waals surface area contributed by atoms with Gasteiger partial charge in [0, 0.05) is 23.0 Å². The maximum absolute atomic E-state index is 12.9. The molecule has 0 bridgehead atoms. The number of benzene rings is 1. The largest absolute Gasteiger partial charge is 0.295 e. The summed E-state index contributed by atoms with van der Waals surface area (Å²) in [7, 11) is 0. The fourth-order valence-electron chi connectivity index (χ4n) is 3.85. The third-order valence-electron chi connectivity index (χ3n) is 5.08. The number of ketones is 3. The Morgan fingerprint density at radius 3 is 2.33 bits per heavy atom. The van der Waals surface area contributed by atoms with E-state index in [1.807, 2.05) is 32.9 Å². The van der Waals surface area contributed by atoms with E-state index >= 15 is 0 Å². The molecule has 138 valence electrons. The summed E-state index contributed by atoms with van der Waals surface area (Å²) in [5.74, 6) is -0.999. The zero-order valence-electron chi connectivity index (χ0n) is 16.1. The summed E-state index contributed by atoms with van der Waals surface area (Å²) in [5.41, 5.74) is 5.80. The number of aromatic nitrogens is 1. The van der Waals surface area contributed by atoms with Crippen LogP contribution in [0.2, 0.25) is 0 Å². The van der Waals surface area contributed by atoms with E-state index < -0.39 is 5.92 Å². The van der Waals surface area contributed by atoms with Crippen molar-refractivity contribution in [2.45, 2.75) is 46.5 Å². The van der Waals surface area contributed by atoms with Gasteiger partial charge in [-0.3, -0.25) is 19.4 Å². The molecule has 1 unspecified atom stereocenters. The lowest BCUT2D eigenvalue weighted by atomic mass is 9.85. The number of Topliss-reactive ketones (excluding diaryl/α,β-unsaturated/α-hetero) is 2. The molecule has 3 rings (SSSR count). The highest BCUT2D eigenvalue weighted by atomic mass is 16.2. The first-order chi connectivity index (χ1) is 12.8. The van der Waals surface area contributed by atoms with Gasteiger partial charge >= 0.3 is 0 Å². The number of aryl methyl sites for hydroxylation is 4. The zero-order chi connectivity index (χ0) is 19.7. The monoisotopic (exact) mass is 361 g/mol. The fourth-order valence-corrected chi connectivity index (χ4v) is 3.85. The van der Waals surface area contributed by atoms with Gasteiger partial charge in [0.25, 0.3) is 0 Å². The second-order valence-electron chi connectivity index (χ2n) is 7.27. The van der Waals surface area contributed by atoms with Crippen molar-refractivity contribution >= 4 is 17.3 Å². The standard InChI is InChI=1S/C23H23NO3/c1-13-9-14(2)21(15(3)10-13)22-20(26)12-18(23(22)27)5-6-19-11-17(16(4)25)7-8-24-19/h7-12,22H,5-6H2,1-4H3. The number of carbonyl (C=O) groups excluding carboxylic acids is 3. The summed E-state index contributed by atoms with van der Waals surface area (Å²) >= 11 is 0. The number of allylic oxidation sites excluding steroid dienone is 2. The molecule has 0 spiro atoms. The number of hydrogen-bond donors (Lipinski definition) is 0. The molecule has 1 heterocycles. The highest BCUT2D eigenvalue weighted by Gasteiger charge is 2.37. The van der Waals surface area contributed by atoms with E-state index in [0.29, 0.717) is 24.0 Å². The summed E-state index contributed by atoms with van der Waals surface area (Å²) in [6.07, 6.45) is 4.05. The van der Waals surface area contributed by atoms with Crippen molar-refractivity contribution in [3.05, 3.63) is 75.6 Å². The lowest BCUT2D eigenvalue weighted by Gasteiger charge is -2.16. The maximum Gasteiger partial charge on any atom is 0.174 e. The average Bonchev–Trinajstić information content (AvgIpc) is 2.87. The van der Waals surface area contributed by atoms with Crippen LogP contribution in [0.15, 0.2) is 42.1 Å². The van der Waals surface area contributed by atoms with E-state index in [0.717, 1.165) is 27.9 Å². The molecule has 0 aliphatic heterocycles. The molecular formula is C23H23NO3. The van der Waals surface area contributed by atoms with Crippen molar-refractivity contribution in [2.75, 3.05) is 0 Å². The molecule has 0 N–H and O–H groups in total. The predicted octanol–water partition coefficient (Wildman–Crippen LogP) is 4.00. The van der Waals surface area contributed by atoms with E-state index in [4.69, 9.17) is 0 Å². The normalized spacial score (nSPS) is 16.6. The van der Waals surface area contributed by atoms with Gasteiger partial charge in [0.1, 0.15) is 5.92 Å². The first-order valence-corrected chi connectivity index (χ1v) is 9.10. The Hall–Kier alpha value is -2.88. The molecule has 1 aromatic heterocycles. The van der Waals surface area contributed by atoms with E-state index in [9.17, 15) is 14.4 Å². The van der Waals surface area contributed by atoms with Crippen molar-refractivity contribution in [2.24, 2.45) is 0 Å². The number of hydrogen-bond acceptors (Lipinski definition) is 4. The van der Waals surface area contributed by atoms with E-state index in [-0.39, 0.29) is 17.3 Å². The maximum atomic E-state index is 12.9. The van der Waals surface area contributed by atoms with E-state index in [1.165, 1.54) is 13.0 Å². The van der Waals surface area contributed by atoms with Crippen LogP contribution >= 0.6 is 0 Å². The summed E-state index contributed by atoms with van der Waals surface area (Å²) in [5, 5.41) is 0. The van der Waals surface area contributed by atoms with Crippen LogP contribution in [0.1, 0.15) is 57.6 Å². The van der Waals surface area contributed by atoms with Crippen LogP contribution < -0.4 is 0 Å². The molecule has 1 aliphatic rings. The molecule has 4 heteroatoms. The van der Waals surface area contributed by atoms with Crippen molar-refractivity contribution in [3.8, 4) is 0 Å². The highest BCUT2D eigenvalue weighted by molar-refractivity contribution is 6.25. The molecule has 27 heavy (non-hydrogen) atoms. The molecule has 0 saturated heterocycles. The SMILES string of the molecule is CC(=O)c1ccnc(CCC2=CC(=O)C(c3c(C)cc(C)cc3C)C2=O)c1. The molecule has 0 amide bonds. The lowest BCUT2D eigenvalue weighted by Crippen LogP contribution is -2.17. The summed E-state index contributed by atoms with van der Waals surface area (Å²) in [6.45, 7) is 7.42. The first kappa shape index (κ1) is 18.9. The summed E-state index contributed by atoms with van der Waals surface area (Å²) in [6, 6.07) is 7.44. The molecular weight excluding hydrogens is 338 g/mol. The zero-order valence-corrected chi connectivity index (χ0v) is 16.1. The van der Waals surface area contributed by atoms with Gasteiger partial charge in [0.15, 0.2) is 17.3 Å². The number of pyridine rings is 1. The van der Waals surface area contributed by atoms with Gasteiger partial charge in [-0.2, -0.15) is 0 Å². The molecule has 1 aliphatic carbocycles. The Bertz CT molecular complexity index is 962. The first-order valence-electron chi connectivity index (χ1n) is 9.10. The van der Waals surface area contributed by atoms with Gasteiger partial charge in [0.2, 0.25) is 0 Å². The molecule has 0 radical (unpaired) electrons. The molecule has 0 saturated carbocycles. The summed E-state index contributed by atoms with van der Waals surface area (Å²) < 4.78 is 0. The average molecular weight is 361 g/mol. The van der Waals surface area contributed by atoms with Crippen LogP contribution in [0.4, 0.5) is 0 Å². The Kier molecular flexibility index (Phi) is 5.17. The Labute approximate surface area is 159 Å². The quantitative estimate of drug-likeness (QED) is 0.596. The van der Waals surface area contributed by atoms with Crippen LogP contribution in [0, 0.1) is 20.8 Å². The molecule has 0 fully saturated rings. The number of rotatable bonds is 5. The van der Waals surface area contributed by atoms with Crippen molar-refractivity contribution in [1.29, 1.82) is 0 Å². The van der Waals surface area contributed by atoms with Gasteiger partial charge in [-0.05, 0) is 75.4 Å².